The number of morpholine rings is 1. The van der Waals surface area contributed by atoms with E-state index in [1.807, 2.05) is 44.2 Å². The third-order valence-electron chi connectivity index (χ3n) is 6.48. The molecule has 3 heterocycles. The van der Waals surface area contributed by atoms with E-state index >= 15 is 0 Å². The zero-order valence-corrected chi connectivity index (χ0v) is 20.3. The van der Waals surface area contributed by atoms with E-state index in [4.69, 9.17) is 9.47 Å². The van der Waals surface area contributed by atoms with Crippen LogP contribution in [0.25, 0.3) is 0 Å². The first-order valence-corrected chi connectivity index (χ1v) is 12.0. The van der Waals surface area contributed by atoms with E-state index in [1.54, 1.807) is 24.0 Å². The molecule has 6 nitrogen and oxygen atoms in total. The van der Waals surface area contributed by atoms with Gasteiger partial charge in [-0.25, -0.2) is 4.98 Å². The molecule has 2 aliphatic rings. The Morgan fingerprint density at radius 3 is 2.46 bits per heavy atom. The second-order valence-electron chi connectivity index (χ2n) is 9.72. The normalized spacial score (nSPS) is 20.9. The van der Waals surface area contributed by atoms with E-state index in [0.29, 0.717) is 43.1 Å². The van der Waals surface area contributed by atoms with Gasteiger partial charge in [0.1, 0.15) is 11.4 Å². The molecule has 1 atom stereocenters. The van der Waals surface area contributed by atoms with Gasteiger partial charge < -0.3 is 14.4 Å². The lowest BCUT2D eigenvalue weighted by atomic mass is 9.87. The topological polar surface area (TPSA) is 54.9 Å². The molecular formula is C26H32F3N3O3. The quantitative estimate of drug-likeness (QED) is 0.602. The highest BCUT2D eigenvalue weighted by atomic mass is 19.4. The van der Waals surface area contributed by atoms with Gasteiger partial charge in [-0.1, -0.05) is 30.3 Å². The number of carbonyl (C=O) groups is 1. The van der Waals surface area contributed by atoms with Crippen LogP contribution in [0.1, 0.15) is 54.5 Å². The monoisotopic (exact) mass is 491 g/mol. The Bertz CT molecular complexity index is 1020. The van der Waals surface area contributed by atoms with Gasteiger partial charge in [0.15, 0.2) is 0 Å². The molecule has 0 saturated carbocycles. The minimum atomic E-state index is -4.29. The first-order valence-electron chi connectivity index (χ1n) is 12.0. The molecule has 2 fully saturated rings. The van der Waals surface area contributed by atoms with Gasteiger partial charge in [0, 0.05) is 26.2 Å². The van der Waals surface area contributed by atoms with Crippen molar-refractivity contribution in [3.63, 3.8) is 0 Å². The molecule has 2 aliphatic heterocycles. The molecule has 9 heteroatoms. The van der Waals surface area contributed by atoms with E-state index in [-0.39, 0.29) is 25.1 Å². The molecule has 0 radical (unpaired) electrons. The van der Waals surface area contributed by atoms with E-state index in [2.05, 4.69) is 4.98 Å². The van der Waals surface area contributed by atoms with Crippen LogP contribution in [0.15, 0.2) is 42.5 Å². The van der Waals surface area contributed by atoms with Gasteiger partial charge in [0.05, 0.1) is 30.0 Å². The molecule has 2 saturated heterocycles. The van der Waals surface area contributed by atoms with Crippen LogP contribution in [0.5, 0.6) is 5.75 Å². The maximum absolute atomic E-state index is 13.3. The van der Waals surface area contributed by atoms with Gasteiger partial charge in [-0.2, -0.15) is 13.2 Å². The van der Waals surface area contributed by atoms with Crippen molar-refractivity contribution in [2.75, 3.05) is 32.7 Å². The number of benzene rings is 1. The van der Waals surface area contributed by atoms with Crippen molar-refractivity contribution in [2.45, 2.75) is 57.6 Å². The van der Waals surface area contributed by atoms with E-state index in [1.165, 1.54) is 4.90 Å². The SMILES string of the molecule is Cc1nc(C(=O)N2CCC3(CC2)CN(CC(F)(F)F)CC(c2ccccc2)O3)ccc1OC(C)C. The Balaban J connectivity index is 1.46. The van der Waals surface area contributed by atoms with Crippen LogP contribution < -0.4 is 4.74 Å². The molecule has 35 heavy (non-hydrogen) atoms. The molecule has 190 valence electrons. The second kappa shape index (κ2) is 10.1. The van der Waals surface area contributed by atoms with Crippen molar-refractivity contribution in [3.05, 3.63) is 59.4 Å². The van der Waals surface area contributed by atoms with Crippen molar-refractivity contribution in [2.24, 2.45) is 0 Å². The summed E-state index contributed by atoms with van der Waals surface area (Å²) in [5.41, 5.74) is 1.10. The summed E-state index contributed by atoms with van der Waals surface area (Å²) in [4.78, 5) is 20.7. The third-order valence-corrected chi connectivity index (χ3v) is 6.48. The number of amides is 1. The fourth-order valence-electron chi connectivity index (χ4n) is 4.90. The highest BCUT2D eigenvalue weighted by molar-refractivity contribution is 5.92. The third kappa shape index (κ3) is 6.32. The molecule has 2 aromatic rings. The highest BCUT2D eigenvalue weighted by Gasteiger charge is 2.46. The number of alkyl halides is 3. The van der Waals surface area contributed by atoms with Gasteiger partial charge >= 0.3 is 6.18 Å². The first kappa shape index (κ1) is 25.4. The lowest BCUT2D eigenvalue weighted by Gasteiger charge is -2.50. The van der Waals surface area contributed by atoms with Gasteiger partial charge in [-0.15, -0.1) is 0 Å². The standard InChI is InChI=1S/C26H32F3N3O3/c1-18(2)34-22-10-9-21(30-19(22)3)24(33)32-13-11-25(12-14-32)16-31(17-26(27,28)29)15-23(35-25)20-7-5-4-6-8-20/h4-10,18,23H,11-17H2,1-3H3. The van der Waals surface area contributed by atoms with Crippen LogP contribution in [0.4, 0.5) is 13.2 Å². The van der Waals surface area contributed by atoms with E-state index in [0.717, 1.165) is 5.56 Å². The maximum Gasteiger partial charge on any atom is 0.401 e. The molecule has 4 rings (SSSR count). The Hall–Kier alpha value is -2.65. The smallest absolute Gasteiger partial charge is 0.401 e. The van der Waals surface area contributed by atoms with Gasteiger partial charge in [0.25, 0.3) is 5.91 Å². The number of hydrogen-bond donors (Lipinski definition) is 0. The molecule has 1 spiro atoms. The van der Waals surface area contributed by atoms with Crippen LogP contribution in [-0.2, 0) is 4.74 Å². The molecule has 1 aromatic carbocycles. The van der Waals surface area contributed by atoms with Crippen LogP contribution in [-0.4, -0.2) is 71.3 Å². The molecule has 1 unspecified atom stereocenters. The summed E-state index contributed by atoms with van der Waals surface area (Å²) in [5, 5.41) is 0. The summed E-state index contributed by atoms with van der Waals surface area (Å²) >= 11 is 0. The van der Waals surface area contributed by atoms with Crippen LogP contribution in [0, 0.1) is 6.92 Å². The number of carbonyl (C=O) groups excluding carboxylic acids is 1. The number of hydrogen-bond acceptors (Lipinski definition) is 5. The van der Waals surface area contributed by atoms with Gasteiger partial charge in [-0.3, -0.25) is 9.69 Å². The zero-order valence-electron chi connectivity index (χ0n) is 20.3. The van der Waals surface area contributed by atoms with Crippen molar-refractivity contribution >= 4 is 5.91 Å². The summed E-state index contributed by atoms with van der Waals surface area (Å²) in [6, 6.07) is 12.8. The molecular weight excluding hydrogens is 459 g/mol. The largest absolute Gasteiger partial charge is 0.489 e. The lowest BCUT2D eigenvalue weighted by Crippen LogP contribution is -2.59. The molecule has 0 N–H and O–H groups in total. The summed E-state index contributed by atoms with van der Waals surface area (Å²) < 4.78 is 52.0. The zero-order chi connectivity index (χ0) is 25.2. The van der Waals surface area contributed by atoms with Crippen molar-refractivity contribution in [1.82, 2.24) is 14.8 Å². The first-order chi connectivity index (χ1) is 16.5. The van der Waals surface area contributed by atoms with Crippen molar-refractivity contribution < 1.29 is 27.4 Å². The molecule has 1 amide bonds. The van der Waals surface area contributed by atoms with Crippen LogP contribution in [0.3, 0.4) is 0 Å². The van der Waals surface area contributed by atoms with Crippen LogP contribution >= 0.6 is 0 Å². The number of aryl methyl sites for hydroxylation is 1. The molecule has 0 aliphatic carbocycles. The minimum Gasteiger partial charge on any atom is -0.489 e. The molecule has 0 bridgehead atoms. The van der Waals surface area contributed by atoms with Crippen LogP contribution in [0.2, 0.25) is 0 Å². The van der Waals surface area contributed by atoms with E-state index < -0.39 is 24.4 Å². The van der Waals surface area contributed by atoms with Crippen molar-refractivity contribution in [3.8, 4) is 5.75 Å². The number of pyridine rings is 1. The number of halogens is 3. The highest BCUT2D eigenvalue weighted by Crippen LogP contribution is 2.39. The predicted molar refractivity (Wildman–Crippen MR) is 125 cm³/mol. The number of aromatic nitrogens is 1. The Kier molecular flexibility index (Phi) is 7.38. The average Bonchev–Trinajstić information content (AvgIpc) is 2.79. The van der Waals surface area contributed by atoms with Crippen molar-refractivity contribution in [1.29, 1.82) is 0 Å². The van der Waals surface area contributed by atoms with E-state index in [9.17, 15) is 18.0 Å². The summed E-state index contributed by atoms with van der Waals surface area (Å²) in [5.74, 6) is 0.447. The summed E-state index contributed by atoms with van der Waals surface area (Å²) in [6.07, 6.45) is -3.81. The summed E-state index contributed by atoms with van der Waals surface area (Å²) in [6.45, 7) is 5.84. The van der Waals surface area contributed by atoms with Gasteiger partial charge in [0.2, 0.25) is 0 Å². The average molecular weight is 492 g/mol. The minimum absolute atomic E-state index is 0.00227. The lowest BCUT2D eigenvalue weighted by molar-refractivity contribution is -0.206. The molecule has 1 aromatic heterocycles. The maximum atomic E-state index is 13.3. The number of rotatable bonds is 5. The predicted octanol–water partition coefficient (Wildman–Crippen LogP) is 4.79. The summed E-state index contributed by atoms with van der Waals surface area (Å²) in [7, 11) is 0. The Labute approximate surface area is 204 Å². The number of likely N-dealkylation sites (tertiary alicyclic amines) is 1. The number of nitrogens with zero attached hydrogens (tertiary/aromatic N) is 3. The Morgan fingerprint density at radius 2 is 1.86 bits per heavy atom. The fourth-order valence-corrected chi connectivity index (χ4v) is 4.90. The fraction of sp³-hybridized carbons (Fsp3) is 0.538. The number of piperidine rings is 1. The number of ether oxygens (including phenoxy) is 2. The van der Waals surface area contributed by atoms with Gasteiger partial charge in [-0.05, 0) is 51.3 Å². The second-order valence-corrected chi connectivity index (χ2v) is 9.72. The Morgan fingerprint density at radius 1 is 1.17 bits per heavy atom.